The number of pyridine rings is 1. The number of nitrogens with zero attached hydrogens (tertiary/aromatic N) is 2. The number of anilines is 1. The van der Waals surface area contributed by atoms with Crippen molar-refractivity contribution in [1.29, 1.82) is 0 Å². The van der Waals surface area contributed by atoms with Gasteiger partial charge in [-0.3, -0.25) is 14.6 Å². The van der Waals surface area contributed by atoms with E-state index in [0.29, 0.717) is 23.7 Å². The molecular weight excluding hydrogens is 278 g/mol. The van der Waals surface area contributed by atoms with Gasteiger partial charge in [-0.2, -0.15) is 11.8 Å². The Balaban J connectivity index is 2.01. The molecule has 2 rings (SSSR count). The SMILES string of the molecule is Nc1ccc(CC(=O)N2CCSCC2CC(=O)O)nc1. The van der Waals surface area contributed by atoms with E-state index in [9.17, 15) is 9.59 Å². The van der Waals surface area contributed by atoms with E-state index in [1.165, 1.54) is 6.20 Å². The summed E-state index contributed by atoms with van der Waals surface area (Å²) in [6, 6.07) is 3.20. The fourth-order valence-electron chi connectivity index (χ4n) is 2.15. The molecule has 0 aromatic carbocycles. The molecule has 108 valence electrons. The lowest BCUT2D eigenvalue weighted by atomic mass is 10.1. The third-order valence-corrected chi connectivity index (χ3v) is 4.23. The van der Waals surface area contributed by atoms with E-state index in [1.807, 2.05) is 0 Å². The number of aromatic nitrogens is 1. The molecule has 1 aromatic rings. The Morgan fingerprint density at radius 2 is 2.30 bits per heavy atom. The first kappa shape index (κ1) is 14.6. The van der Waals surface area contributed by atoms with Crippen LogP contribution in [0.3, 0.4) is 0 Å². The number of hydrogen-bond donors (Lipinski definition) is 2. The van der Waals surface area contributed by atoms with Gasteiger partial charge in [0.25, 0.3) is 0 Å². The number of aliphatic carboxylic acids is 1. The number of hydrogen-bond acceptors (Lipinski definition) is 5. The first-order valence-corrected chi connectivity index (χ1v) is 7.51. The van der Waals surface area contributed by atoms with Crippen LogP contribution < -0.4 is 5.73 Å². The second kappa shape index (κ2) is 6.60. The Kier molecular flexibility index (Phi) is 4.84. The van der Waals surface area contributed by atoms with E-state index in [2.05, 4.69) is 4.98 Å². The van der Waals surface area contributed by atoms with Crippen LogP contribution in [-0.2, 0) is 16.0 Å². The molecule has 20 heavy (non-hydrogen) atoms. The minimum Gasteiger partial charge on any atom is -0.481 e. The van der Waals surface area contributed by atoms with Gasteiger partial charge in [-0.1, -0.05) is 0 Å². The van der Waals surface area contributed by atoms with Crippen LogP contribution in [0.15, 0.2) is 18.3 Å². The van der Waals surface area contributed by atoms with Crippen molar-refractivity contribution in [3.63, 3.8) is 0 Å². The number of nitrogens with two attached hydrogens (primary N) is 1. The van der Waals surface area contributed by atoms with Gasteiger partial charge in [0, 0.05) is 23.7 Å². The van der Waals surface area contributed by atoms with E-state index < -0.39 is 5.97 Å². The summed E-state index contributed by atoms with van der Waals surface area (Å²) in [7, 11) is 0. The Labute approximate surface area is 121 Å². The fraction of sp³-hybridized carbons (Fsp3) is 0.462. The molecule has 7 heteroatoms. The number of rotatable bonds is 4. The van der Waals surface area contributed by atoms with Crippen molar-refractivity contribution in [1.82, 2.24) is 9.88 Å². The van der Waals surface area contributed by atoms with Gasteiger partial charge >= 0.3 is 5.97 Å². The zero-order valence-corrected chi connectivity index (χ0v) is 11.8. The third kappa shape index (κ3) is 3.86. The highest BCUT2D eigenvalue weighted by molar-refractivity contribution is 7.99. The van der Waals surface area contributed by atoms with Crippen molar-refractivity contribution in [2.45, 2.75) is 18.9 Å². The molecule has 1 aliphatic heterocycles. The highest BCUT2D eigenvalue weighted by Gasteiger charge is 2.28. The molecule has 1 amide bonds. The summed E-state index contributed by atoms with van der Waals surface area (Å²) in [5.41, 5.74) is 6.76. The van der Waals surface area contributed by atoms with Crippen LogP contribution in [0.2, 0.25) is 0 Å². The molecule has 0 spiro atoms. The van der Waals surface area contributed by atoms with Crippen molar-refractivity contribution in [3.05, 3.63) is 24.0 Å². The quantitative estimate of drug-likeness (QED) is 0.845. The summed E-state index contributed by atoms with van der Waals surface area (Å²) < 4.78 is 0. The maximum absolute atomic E-state index is 12.3. The minimum atomic E-state index is -0.874. The molecule has 1 aromatic heterocycles. The summed E-state index contributed by atoms with van der Waals surface area (Å²) >= 11 is 1.69. The molecule has 6 nitrogen and oxygen atoms in total. The Morgan fingerprint density at radius 3 is 2.95 bits per heavy atom. The molecule has 1 unspecified atom stereocenters. The van der Waals surface area contributed by atoms with Gasteiger partial charge < -0.3 is 15.7 Å². The molecule has 0 aliphatic carbocycles. The average Bonchev–Trinajstić information content (AvgIpc) is 2.41. The molecule has 0 bridgehead atoms. The second-order valence-electron chi connectivity index (χ2n) is 4.67. The van der Waals surface area contributed by atoms with Gasteiger partial charge in [-0.05, 0) is 12.1 Å². The van der Waals surface area contributed by atoms with Crippen LogP contribution in [0.1, 0.15) is 12.1 Å². The normalized spacial score (nSPS) is 18.8. The monoisotopic (exact) mass is 295 g/mol. The smallest absolute Gasteiger partial charge is 0.305 e. The molecular formula is C13H17N3O3S. The molecule has 1 saturated heterocycles. The zero-order valence-electron chi connectivity index (χ0n) is 11.0. The van der Waals surface area contributed by atoms with E-state index in [0.717, 1.165) is 5.75 Å². The number of thioether (sulfide) groups is 1. The predicted octanol–water partition coefficient (Wildman–Crippen LogP) is 0.625. The topological polar surface area (TPSA) is 96.5 Å². The highest BCUT2D eigenvalue weighted by atomic mass is 32.2. The summed E-state index contributed by atoms with van der Waals surface area (Å²) in [4.78, 5) is 28.9. The van der Waals surface area contributed by atoms with Crippen molar-refractivity contribution in [2.24, 2.45) is 0 Å². The van der Waals surface area contributed by atoms with Crippen molar-refractivity contribution in [3.8, 4) is 0 Å². The summed E-state index contributed by atoms with van der Waals surface area (Å²) in [6.45, 7) is 0.594. The molecule has 0 radical (unpaired) electrons. The Morgan fingerprint density at radius 1 is 1.50 bits per heavy atom. The molecule has 1 fully saturated rings. The van der Waals surface area contributed by atoms with E-state index in [4.69, 9.17) is 10.8 Å². The lowest BCUT2D eigenvalue weighted by molar-refractivity contribution is -0.140. The largest absolute Gasteiger partial charge is 0.481 e. The van der Waals surface area contributed by atoms with Crippen LogP contribution in [0.4, 0.5) is 5.69 Å². The van der Waals surface area contributed by atoms with E-state index in [1.54, 1.807) is 28.8 Å². The van der Waals surface area contributed by atoms with Crippen LogP contribution >= 0.6 is 11.8 Å². The maximum Gasteiger partial charge on any atom is 0.305 e. The summed E-state index contributed by atoms with van der Waals surface area (Å²) in [6.07, 6.45) is 1.69. The summed E-state index contributed by atoms with van der Waals surface area (Å²) in [5.74, 6) is 0.569. The van der Waals surface area contributed by atoms with Gasteiger partial charge in [0.15, 0.2) is 0 Å². The number of carbonyl (C=O) groups excluding carboxylic acids is 1. The summed E-state index contributed by atoms with van der Waals surface area (Å²) in [5, 5.41) is 8.91. The molecule has 1 atom stereocenters. The van der Waals surface area contributed by atoms with Crippen molar-refractivity contribution >= 4 is 29.3 Å². The number of nitrogen functional groups attached to an aromatic ring is 1. The van der Waals surface area contributed by atoms with Gasteiger partial charge in [0.1, 0.15) is 0 Å². The van der Waals surface area contributed by atoms with Crippen LogP contribution in [0.5, 0.6) is 0 Å². The highest BCUT2D eigenvalue weighted by Crippen LogP contribution is 2.20. The fourth-order valence-corrected chi connectivity index (χ4v) is 3.21. The molecule has 0 saturated carbocycles. The van der Waals surface area contributed by atoms with Crippen LogP contribution in [-0.4, -0.2) is 51.0 Å². The third-order valence-electron chi connectivity index (χ3n) is 3.14. The minimum absolute atomic E-state index is 0.00605. The predicted molar refractivity (Wildman–Crippen MR) is 77.4 cm³/mol. The van der Waals surface area contributed by atoms with Crippen molar-refractivity contribution in [2.75, 3.05) is 23.8 Å². The van der Waals surface area contributed by atoms with Gasteiger partial charge in [-0.25, -0.2) is 0 Å². The van der Waals surface area contributed by atoms with E-state index >= 15 is 0 Å². The first-order valence-electron chi connectivity index (χ1n) is 6.35. The molecule has 2 heterocycles. The Hall–Kier alpha value is -1.76. The van der Waals surface area contributed by atoms with Crippen LogP contribution in [0.25, 0.3) is 0 Å². The Bertz CT molecular complexity index is 492. The number of carboxylic acids is 1. The maximum atomic E-state index is 12.3. The van der Waals surface area contributed by atoms with Crippen molar-refractivity contribution < 1.29 is 14.7 Å². The van der Waals surface area contributed by atoms with Gasteiger partial charge in [0.05, 0.1) is 30.8 Å². The first-order chi connectivity index (χ1) is 9.56. The van der Waals surface area contributed by atoms with Gasteiger partial charge in [0.2, 0.25) is 5.91 Å². The zero-order chi connectivity index (χ0) is 14.5. The van der Waals surface area contributed by atoms with Crippen LogP contribution in [0, 0.1) is 0 Å². The lowest BCUT2D eigenvalue weighted by Gasteiger charge is -2.34. The standard InChI is InChI=1S/C13H17N3O3S/c14-9-1-2-10(15-7-9)5-12(17)16-3-4-20-8-11(16)6-13(18)19/h1-2,7,11H,3-6,8,14H2,(H,18,19). The van der Waals surface area contributed by atoms with E-state index in [-0.39, 0.29) is 24.8 Å². The lowest BCUT2D eigenvalue weighted by Crippen LogP contribution is -2.47. The average molecular weight is 295 g/mol. The number of amides is 1. The number of carbonyl (C=O) groups is 2. The van der Waals surface area contributed by atoms with Gasteiger partial charge in [-0.15, -0.1) is 0 Å². The number of carboxylic acid groups (broad SMARTS) is 1. The molecule has 1 aliphatic rings. The second-order valence-corrected chi connectivity index (χ2v) is 5.82. The molecule has 3 N–H and O–H groups in total.